The van der Waals surface area contributed by atoms with Crippen LogP contribution in [-0.4, -0.2) is 37.0 Å². The van der Waals surface area contributed by atoms with Crippen molar-refractivity contribution >= 4 is 17.8 Å². The Balaban J connectivity index is 2.27. The van der Waals surface area contributed by atoms with Crippen molar-refractivity contribution in [3.63, 3.8) is 0 Å². The second kappa shape index (κ2) is 10.7. The molecule has 0 radical (unpaired) electrons. The highest BCUT2D eigenvalue weighted by Gasteiger charge is 2.35. The molecule has 2 atom stereocenters. The number of methoxy groups -OCH3 is 1. The van der Waals surface area contributed by atoms with E-state index >= 15 is 0 Å². The van der Waals surface area contributed by atoms with Gasteiger partial charge in [0.2, 0.25) is 11.8 Å². The van der Waals surface area contributed by atoms with Crippen molar-refractivity contribution < 1.29 is 36.7 Å². The molecule has 0 saturated heterocycles. The summed E-state index contributed by atoms with van der Waals surface area (Å²) in [6.07, 6.45) is -5.24. The van der Waals surface area contributed by atoms with E-state index in [4.69, 9.17) is 0 Å². The molecule has 0 aromatic heterocycles. The summed E-state index contributed by atoms with van der Waals surface area (Å²) in [7, 11) is 1.04. The topological polar surface area (TPSA) is 84.5 Å². The summed E-state index contributed by atoms with van der Waals surface area (Å²) in [6.45, 7) is 1.17. The molecule has 0 bridgehead atoms. The lowest BCUT2D eigenvalue weighted by molar-refractivity contribution is -0.146. The second-order valence-corrected chi connectivity index (χ2v) is 7.03. The van der Waals surface area contributed by atoms with Gasteiger partial charge in [-0.3, -0.25) is 9.59 Å². The minimum Gasteiger partial charge on any atom is -0.467 e. The molecule has 0 heterocycles. The lowest BCUT2D eigenvalue weighted by atomic mass is 9.99. The van der Waals surface area contributed by atoms with Crippen molar-refractivity contribution in [3.05, 3.63) is 71.0 Å². The molecule has 0 unspecified atom stereocenters. The normalized spacial score (nSPS) is 13.1. The third-order valence-electron chi connectivity index (χ3n) is 4.57. The van der Waals surface area contributed by atoms with Crippen molar-refractivity contribution in [2.24, 2.45) is 0 Å². The number of rotatable bonds is 8. The number of amides is 2. The zero-order valence-electron chi connectivity index (χ0n) is 17.3. The Morgan fingerprint density at radius 1 is 0.969 bits per heavy atom. The van der Waals surface area contributed by atoms with E-state index in [1.54, 1.807) is 6.07 Å². The number of carbonyl (C=O) groups excluding carboxylic acids is 3. The van der Waals surface area contributed by atoms with Crippen molar-refractivity contribution in [2.75, 3.05) is 7.11 Å². The molecule has 2 aromatic carbocycles. The molecule has 6 nitrogen and oxygen atoms in total. The highest BCUT2D eigenvalue weighted by atomic mass is 19.4. The maximum atomic E-state index is 13.5. The van der Waals surface area contributed by atoms with E-state index in [0.29, 0.717) is 5.56 Å². The zero-order valence-corrected chi connectivity index (χ0v) is 17.3. The van der Waals surface area contributed by atoms with Crippen LogP contribution in [0.15, 0.2) is 48.5 Å². The lowest BCUT2D eigenvalue weighted by Gasteiger charge is -2.23. The van der Waals surface area contributed by atoms with Crippen LogP contribution in [-0.2, 0) is 38.1 Å². The second-order valence-electron chi connectivity index (χ2n) is 7.03. The summed E-state index contributed by atoms with van der Waals surface area (Å²) in [4.78, 5) is 36.6. The molecule has 0 aliphatic rings. The van der Waals surface area contributed by atoms with Crippen LogP contribution >= 0.6 is 0 Å². The summed E-state index contributed by atoms with van der Waals surface area (Å²) < 4.78 is 58.0. The fourth-order valence-electron chi connectivity index (χ4n) is 3.16. The Morgan fingerprint density at radius 2 is 1.66 bits per heavy atom. The predicted octanol–water partition coefficient (Wildman–Crippen LogP) is 2.79. The molecular weight excluding hydrogens is 432 g/mol. The predicted molar refractivity (Wildman–Crippen MR) is 107 cm³/mol. The zero-order chi connectivity index (χ0) is 23.9. The number of esters is 1. The van der Waals surface area contributed by atoms with Crippen molar-refractivity contribution in [1.82, 2.24) is 10.6 Å². The van der Waals surface area contributed by atoms with Crippen LogP contribution < -0.4 is 10.6 Å². The van der Waals surface area contributed by atoms with Gasteiger partial charge in [0.05, 0.1) is 12.7 Å². The van der Waals surface area contributed by atoms with E-state index in [1.165, 1.54) is 43.3 Å². The number of carbonyl (C=O) groups is 3. The van der Waals surface area contributed by atoms with Gasteiger partial charge in [-0.25, -0.2) is 9.18 Å². The first-order chi connectivity index (χ1) is 15.0. The maximum absolute atomic E-state index is 13.5. The molecular formula is C22H22F4N2O4. The van der Waals surface area contributed by atoms with Crippen LogP contribution in [0.4, 0.5) is 17.6 Å². The van der Waals surface area contributed by atoms with Gasteiger partial charge < -0.3 is 15.4 Å². The molecule has 2 amide bonds. The quantitative estimate of drug-likeness (QED) is 0.475. The lowest BCUT2D eigenvalue weighted by Crippen LogP contribution is -2.53. The van der Waals surface area contributed by atoms with Crippen LogP contribution in [0.3, 0.4) is 0 Å². The fourth-order valence-corrected chi connectivity index (χ4v) is 3.16. The number of halogens is 4. The molecule has 0 fully saturated rings. The molecule has 2 aromatic rings. The van der Waals surface area contributed by atoms with E-state index in [1.807, 2.05) is 0 Å². The van der Waals surface area contributed by atoms with Gasteiger partial charge in [0.15, 0.2) is 0 Å². The number of benzene rings is 2. The van der Waals surface area contributed by atoms with Gasteiger partial charge in [0, 0.05) is 19.8 Å². The van der Waals surface area contributed by atoms with E-state index in [0.717, 1.165) is 13.2 Å². The van der Waals surface area contributed by atoms with E-state index in [-0.39, 0.29) is 12.0 Å². The number of hydrogen-bond donors (Lipinski definition) is 2. The van der Waals surface area contributed by atoms with Crippen LogP contribution in [0.25, 0.3) is 0 Å². The van der Waals surface area contributed by atoms with Gasteiger partial charge in [-0.2, -0.15) is 13.2 Å². The summed E-state index contributed by atoms with van der Waals surface area (Å²) in [6, 6.07) is 7.38. The first kappa shape index (κ1) is 24.8. The van der Waals surface area contributed by atoms with Crippen molar-refractivity contribution in [3.8, 4) is 0 Å². The SMILES string of the molecule is COC(=O)[C@@H](Cc1ccccc1C(F)(F)F)NC(=O)[C@H](Cc1cccc(F)c1)NC(C)=O. The standard InChI is InChI=1S/C22H22F4N2O4/c1-13(29)27-18(11-14-6-5-8-16(23)10-14)20(30)28-19(21(31)32-2)12-15-7-3-4-9-17(15)22(24,25)26/h3-10,18-19H,11-12H2,1-2H3,(H,27,29)(H,28,30)/t18-,19+/m0/s1. The fraction of sp³-hybridized carbons (Fsp3) is 0.318. The molecule has 10 heteroatoms. The van der Waals surface area contributed by atoms with E-state index < -0.39 is 53.8 Å². The number of alkyl halides is 3. The van der Waals surface area contributed by atoms with Gasteiger partial charge in [-0.1, -0.05) is 30.3 Å². The highest BCUT2D eigenvalue weighted by Crippen LogP contribution is 2.32. The van der Waals surface area contributed by atoms with Crippen LogP contribution in [0.1, 0.15) is 23.6 Å². The molecule has 0 aliphatic heterocycles. The largest absolute Gasteiger partial charge is 0.467 e. The Hall–Kier alpha value is -3.43. The maximum Gasteiger partial charge on any atom is 0.416 e. The molecule has 0 aliphatic carbocycles. The van der Waals surface area contributed by atoms with Gasteiger partial charge in [-0.05, 0) is 29.3 Å². The first-order valence-electron chi connectivity index (χ1n) is 9.56. The Bertz CT molecular complexity index is 978. The van der Waals surface area contributed by atoms with Crippen molar-refractivity contribution in [1.29, 1.82) is 0 Å². The third-order valence-corrected chi connectivity index (χ3v) is 4.57. The van der Waals surface area contributed by atoms with Crippen molar-refractivity contribution in [2.45, 2.75) is 38.0 Å². The van der Waals surface area contributed by atoms with Gasteiger partial charge in [-0.15, -0.1) is 0 Å². The highest BCUT2D eigenvalue weighted by molar-refractivity contribution is 5.90. The van der Waals surface area contributed by atoms with Gasteiger partial charge >= 0.3 is 12.1 Å². The molecule has 0 spiro atoms. The van der Waals surface area contributed by atoms with Gasteiger partial charge in [0.25, 0.3) is 0 Å². The monoisotopic (exact) mass is 454 g/mol. The smallest absolute Gasteiger partial charge is 0.416 e. The average molecular weight is 454 g/mol. The van der Waals surface area contributed by atoms with Crippen LogP contribution in [0.5, 0.6) is 0 Å². The average Bonchev–Trinajstić information content (AvgIpc) is 2.71. The molecule has 2 N–H and O–H groups in total. The number of hydrogen-bond acceptors (Lipinski definition) is 4. The minimum atomic E-state index is -4.66. The van der Waals surface area contributed by atoms with Crippen LogP contribution in [0, 0.1) is 5.82 Å². The summed E-state index contributed by atoms with van der Waals surface area (Å²) in [5.41, 5.74) is -0.755. The molecule has 172 valence electrons. The van der Waals surface area contributed by atoms with Gasteiger partial charge in [0.1, 0.15) is 17.9 Å². The minimum absolute atomic E-state index is 0.101. The molecule has 0 saturated carbocycles. The summed E-state index contributed by atoms with van der Waals surface area (Å²) in [5, 5.41) is 4.75. The molecule has 2 rings (SSSR count). The number of nitrogens with one attached hydrogen (secondary N) is 2. The first-order valence-corrected chi connectivity index (χ1v) is 9.56. The molecule has 32 heavy (non-hydrogen) atoms. The Kier molecular flexibility index (Phi) is 8.34. The van der Waals surface area contributed by atoms with Crippen LogP contribution in [0.2, 0.25) is 0 Å². The number of ether oxygens (including phenoxy) is 1. The van der Waals surface area contributed by atoms with E-state index in [2.05, 4.69) is 15.4 Å². The third kappa shape index (κ3) is 7.07. The Morgan fingerprint density at radius 3 is 2.25 bits per heavy atom. The van der Waals surface area contributed by atoms with E-state index in [9.17, 15) is 31.9 Å². The summed E-state index contributed by atoms with van der Waals surface area (Å²) in [5.74, 6) is -2.88. The summed E-state index contributed by atoms with van der Waals surface area (Å²) >= 11 is 0. The Labute approximate surface area is 181 Å².